The second-order valence-corrected chi connectivity index (χ2v) is 7.14. The van der Waals surface area contributed by atoms with Crippen molar-refractivity contribution >= 4 is 39.7 Å². The molecule has 0 radical (unpaired) electrons. The van der Waals surface area contributed by atoms with Gasteiger partial charge in [-0.05, 0) is 48.5 Å². The number of fused-ring (bicyclic) bond motifs is 1. The van der Waals surface area contributed by atoms with E-state index in [0.717, 1.165) is 27.8 Å². The molecular formula is C21H21NO3S. The number of aliphatic carboxylic acids is 1. The van der Waals surface area contributed by atoms with Gasteiger partial charge in [0.15, 0.2) is 0 Å². The lowest BCUT2D eigenvalue weighted by Crippen LogP contribution is -2.19. The number of carboxylic acids is 1. The van der Waals surface area contributed by atoms with Gasteiger partial charge in [0.2, 0.25) is 0 Å². The summed E-state index contributed by atoms with van der Waals surface area (Å²) in [6.07, 6.45) is 1.72. The summed E-state index contributed by atoms with van der Waals surface area (Å²) in [7, 11) is 3.98. The van der Waals surface area contributed by atoms with Crippen LogP contribution in [0.25, 0.3) is 22.4 Å². The highest BCUT2D eigenvalue weighted by molar-refractivity contribution is 7.11. The van der Waals surface area contributed by atoms with Crippen LogP contribution in [-0.2, 0) is 4.79 Å². The second kappa shape index (κ2) is 8.17. The lowest BCUT2D eigenvalue weighted by Gasteiger charge is -2.15. The minimum Gasteiger partial charge on any atom is -0.492 e. The third kappa shape index (κ3) is 4.12. The van der Waals surface area contributed by atoms with E-state index in [0.29, 0.717) is 12.4 Å². The fourth-order valence-electron chi connectivity index (χ4n) is 2.70. The number of rotatable bonds is 7. The molecule has 0 aliphatic carbocycles. The summed E-state index contributed by atoms with van der Waals surface area (Å²) in [6, 6.07) is 15.5. The summed E-state index contributed by atoms with van der Waals surface area (Å²) in [4.78, 5) is 14.6. The van der Waals surface area contributed by atoms with Gasteiger partial charge in [0.05, 0.1) is 5.57 Å². The van der Waals surface area contributed by atoms with E-state index in [1.807, 2.05) is 72.9 Å². The fraction of sp³-hybridized carbons (Fsp3) is 0.190. The molecule has 0 unspecified atom stereocenters. The third-order valence-electron chi connectivity index (χ3n) is 4.03. The molecule has 0 atom stereocenters. The monoisotopic (exact) mass is 367 g/mol. The number of likely N-dealkylation sites (N-methyl/N-ethyl adjacent to an activating group) is 1. The molecule has 0 bridgehead atoms. The molecular weight excluding hydrogens is 346 g/mol. The van der Waals surface area contributed by atoms with Crippen LogP contribution < -0.4 is 4.74 Å². The number of carboxylic acid groups (broad SMARTS) is 1. The molecule has 3 rings (SSSR count). The quantitative estimate of drug-likeness (QED) is 0.626. The summed E-state index contributed by atoms with van der Waals surface area (Å²) in [5, 5.41) is 13.6. The maximum atomic E-state index is 11.8. The molecule has 3 aromatic rings. The van der Waals surface area contributed by atoms with Crippen molar-refractivity contribution in [2.24, 2.45) is 0 Å². The van der Waals surface area contributed by atoms with Gasteiger partial charge in [-0.15, -0.1) is 11.3 Å². The zero-order valence-electron chi connectivity index (χ0n) is 14.8. The van der Waals surface area contributed by atoms with E-state index in [-0.39, 0.29) is 5.57 Å². The van der Waals surface area contributed by atoms with Crippen molar-refractivity contribution in [3.8, 4) is 5.75 Å². The van der Waals surface area contributed by atoms with Gasteiger partial charge < -0.3 is 14.7 Å². The molecule has 0 saturated carbocycles. The minimum absolute atomic E-state index is 0.272. The summed E-state index contributed by atoms with van der Waals surface area (Å²) in [6.45, 7) is 1.32. The molecule has 2 aromatic carbocycles. The first-order chi connectivity index (χ1) is 12.6. The summed E-state index contributed by atoms with van der Waals surface area (Å²) in [5.74, 6) is -0.250. The average molecular weight is 367 g/mol. The standard InChI is InChI=1S/C21H21NO3S/c1-22(2)11-12-25-19-10-9-15-6-3-4-7-16(15)17(19)14-18(21(23)24)20-8-5-13-26-20/h3-10,13-14H,11-12H2,1-2H3,(H,23,24)/b18-14+. The molecule has 0 aliphatic rings. The van der Waals surface area contributed by atoms with Gasteiger partial charge in [-0.2, -0.15) is 0 Å². The molecule has 134 valence electrons. The van der Waals surface area contributed by atoms with Crippen molar-refractivity contribution in [2.45, 2.75) is 0 Å². The van der Waals surface area contributed by atoms with Crippen molar-refractivity contribution in [3.63, 3.8) is 0 Å². The van der Waals surface area contributed by atoms with E-state index < -0.39 is 5.97 Å². The molecule has 1 aromatic heterocycles. The van der Waals surface area contributed by atoms with E-state index in [1.54, 1.807) is 6.08 Å². The third-order valence-corrected chi connectivity index (χ3v) is 4.94. The highest BCUT2D eigenvalue weighted by Crippen LogP contribution is 2.33. The van der Waals surface area contributed by atoms with Crippen molar-refractivity contribution in [1.29, 1.82) is 0 Å². The lowest BCUT2D eigenvalue weighted by atomic mass is 10.0. The van der Waals surface area contributed by atoms with Crippen LogP contribution in [-0.4, -0.2) is 43.2 Å². The highest BCUT2D eigenvalue weighted by Gasteiger charge is 2.15. The van der Waals surface area contributed by atoms with E-state index in [4.69, 9.17) is 4.74 Å². The van der Waals surface area contributed by atoms with Crippen LogP contribution in [0, 0.1) is 0 Å². The lowest BCUT2D eigenvalue weighted by molar-refractivity contribution is -0.130. The van der Waals surface area contributed by atoms with Crippen LogP contribution in [0.2, 0.25) is 0 Å². The number of thiophene rings is 1. The normalized spacial score (nSPS) is 11.9. The zero-order chi connectivity index (χ0) is 18.5. The van der Waals surface area contributed by atoms with E-state index in [2.05, 4.69) is 0 Å². The van der Waals surface area contributed by atoms with Gasteiger partial charge in [-0.3, -0.25) is 0 Å². The zero-order valence-corrected chi connectivity index (χ0v) is 15.6. The number of hydrogen-bond donors (Lipinski definition) is 1. The van der Waals surface area contributed by atoms with E-state index in [1.165, 1.54) is 11.3 Å². The Labute approximate surface area is 157 Å². The Morgan fingerprint density at radius 2 is 1.96 bits per heavy atom. The van der Waals surface area contributed by atoms with Crippen LogP contribution in [0.1, 0.15) is 10.4 Å². The number of carbonyl (C=O) groups is 1. The first-order valence-electron chi connectivity index (χ1n) is 8.34. The Morgan fingerprint density at radius 3 is 2.65 bits per heavy atom. The SMILES string of the molecule is CN(C)CCOc1ccc2ccccc2c1/C=C(/C(=O)O)c1cccs1. The Bertz CT molecular complexity index is 930. The number of benzene rings is 2. The maximum absolute atomic E-state index is 11.8. The van der Waals surface area contributed by atoms with Crippen molar-refractivity contribution in [2.75, 3.05) is 27.2 Å². The predicted molar refractivity (Wildman–Crippen MR) is 108 cm³/mol. The second-order valence-electron chi connectivity index (χ2n) is 6.19. The Hall–Kier alpha value is -2.63. The Kier molecular flexibility index (Phi) is 5.71. The highest BCUT2D eigenvalue weighted by atomic mass is 32.1. The van der Waals surface area contributed by atoms with Crippen molar-refractivity contribution < 1.29 is 14.6 Å². The molecule has 1 N–H and O–H groups in total. The van der Waals surface area contributed by atoms with Gasteiger partial charge in [-0.25, -0.2) is 4.79 Å². The Balaban J connectivity index is 2.11. The first-order valence-corrected chi connectivity index (χ1v) is 9.22. The molecule has 5 heteroatoms. The average Bonchev–Trinajstić information content (AvgIpc) is 3.14. The van der Waals surface area contributed by atoms with Crippen LogP contribution in [0.4, 0.5) is 0 Å². The summed E-state index contributed by atoms with van der Waals surface area (Å²) < 4.78 is 5.98. The van der Waals surface area contributed by atoms with Gasteiger partial charge >= 0.3 is 5.97 Å². The first kappa shape index (κ1) is 18.2. The van der Waals surface area contributed by atoms with Crippen LogP contribution in [0.5, 0.6) is 5.75 Å². The predicted octanol–water partition coefficient (Wildman–Crippen LogP) is 4.47. The van der Waals surface area contributed by atoms with Gasteiger partial charge in [0, 0.05) is 17.0 Å². The van der Waals surface area contributed by atoms with E-state index in [9.17, 15) is 9.90 Å². The van der Waals surface area contributed by atoms with Crippen LogP contribution in [0.15, 0.2) is 53.9 Å². The molecule has 0 amide bonds. The van der Waals surface area contributed by atoms with Crippen molar-refractivity contribution in [3.05, 3.63) is 64.4 Å². The topological polar surface area (TPSA) is 49.8 Å². The number of hydrogen-bond acceptors (Lipinski definition) is 4. The largest absolute Gasteiger partial charge is 0.492 e. The maximum Gasteiger partial charge on any atom is 0.337 e. The fourth-order valence-corrected chi connectivity index (χ4v) is 3.44. The van der Waals surface area contributed by atoms with Gasteiger partial charge in [0.25, 0.3) is 0 Å². The molecule has 0 saturated heterocycles. The molecule has 1 heterocycles. The van der Waals surface area contributed by atoms with Gasteiger partial charge in [0.1, 0.15) is 12.4 Å². The van der Waals surface area contributed by atoms with E-state index >= 15 is 0 Å². The van der Waals surface area contributed by atoms with Crippen LogP contribution in [0.3, 0.4) is 0 Å². The molecule has 4 nitrogen and oxygen atoms in total. The Morgan fingerprint density at radius 1 is 1.15 bits per heavy atom. The molecule has 0 fully saturated rings. The van der Waals surface area contributed by atoms with Gasteiger partial charge in [-0.1, -0.05) is 36.4 Å². The smallest absolute Gasteiger partial charge is 0.337 e. The molecule has 26 heavy (non-hydrogen) atoms. The number of nitrogens with zero attached hydrogens (tertiary/aromatic N) is 1. The summed E-state index contributed by atoms with van der Waals surface area (Å²) >= 11 is 1.42. The molecule has 0 aliphatic heterocycles. The van der Waals surface area contributed by atoms with Crippen LogP contribution >= 0.6 is 11.3 Å². The summed E-state index contributed by atoms with van der Waals surface area (Å²) in [5.41, 5.74) is 1.07. The van der Waals surface area contributed by atoms with Crippen molar-refractivity contribution in [1.82, 2.24) is 4.90 Å². The number of ether oxygens (including phenoxy) is 1. The molecule has 0 spiro atoms. The minimum atomic E-state index is -0.945.